The van der Waals surface area contributed by atoms with Crippen LogP contribution in [0.2, 0.25) is 0 Å². The molecule has 0 N–H and O–H groups in total. The molecule has 1 fully saturated rings. The Morgan fingerprint density at radius 2 is 1.94 bits per heavy atom. The molecule has 1 aliphatic rings. The third-order valence-corrected chi connectivity index (χ3v) is 3.83. The SMILES string of the molecule is Cc1nc(N2CCN(C(C)C)CC2)ncc1CCl. The van der Waals surface area contributed by atoms with E-state index in [0.29, 0.717) is 11.9 Å². The van der Waals surface area contributed by atoms with Crippen LogP contribution >= 0.6 is 11.6 Å². The number of hydrogen-bond donors (Lipinski definition) is 0. The first-order chi connectivity index (χ1) is 8.61. The molecule has 0 aromatic carbocycles. The Kier molecular flexibility index (Phi) is 4.40. The van der Waals surface area contributed by atoms with Gasteiger partial charge in [-0.1, -0.05) is 0 Å². The molecule has 1 aromatic rings. The number of aryl methyl sites for hydroxylation is 1. The van der Waals surface area contributed by atoms with Gasteiger partial charge in [0.1, 0.15) is 0 Å². The number of alkyl halides is 1. The predicted molar refractivity (Wildman–Crippen MR) is 75.2 cm³/mol. The molecule has 2 rings (SSSR count). The molecular weight excluding hydrogens is 248 g/mol. The maximum atomic E-state index is 5.82. The van der Waals surface area contributed by atoms with Crippen LogP contribution in [0, 0.1) is 6.92 Å². The second-order valence-electron chi connectivity index (χ2n) is 5.03. The van der Waals surface area contributed by atoms with Crippen LogP contribution in [-0.4, -0.2) is 47.1 Å². The fourth-order valence-electron chi connectivity index (χ4n) is 2.20. The standard InChI is InChI=1S/C13H21ClN4/c1-10(2)17-4-6-18(7-5-17)13-15-9-12(8-14)11(3)16-13/h9-10H,4-8H2,1-3H3. The van der Waals surface area contributed by atoms with E-state index in [1.807, 2.05) is 13.1 Å². The van der Waals surface area contributed by atoms with Crippen molar-refractivity contribution in [3.8, 4) is 0 Å². The number of anilines is 1. The van der Waals surface area contributed by atoms with Gasteiger partial charge in [0, 0.05) is 49.7 Å². The summed E-state index contributed by atoms with van der Waals surface area (Å²) in [6.45, 7) is 10.6. The largest absolute Gasteiger partial charge is 0.338 e. The molecule has 0 unspecified atom stereocenters. The molecule has 0 amide bonds. The van der Waals surface area contributed by atoms with Gasteiger partial charge in [-0.15, -0.1) is 11.6 Å². The topological polar surface area (TPSA) is 32.3 Å². The summed E-state index contributed by atoms with van der Waals surface area (Å²) in [5, 5.41) is 0. The van der Waals surface area contributed by atoms with E-state index >= 15 is 0 Å². The third kappa shape index (κ3) is 2.93. The molecule has 0 saturated carbocycles. The minimum absolute atomic E-state index is 0.479. The highest BCUT2D eigenvalue weighted by molar-refractivity contribution is 6.17. The van der Waals surface area contributed by atoms with Gasteiger partial charge >= 0.3 is 0 Å². The summed E-state index contributed by atoms with van der Waals surface area (Å²) in [5.74, 6) is 1.32. The van der Waals surface area contributed by atoms with Crippen molar-refractivity contribution in [1.82, 2.24) is 14.9 Å². The van der Waals surface area contributed by atoms with Crippen LogP contribution in [0.25, 0.3) is 0 Å². The van der Waals surface area contributed by atoms with E-state index in [1.54, 1.807) is 0 Å². The van der Waals surface area contributed by atoms with E-state index in [0.717, 1.165) is 43.4 Å². The lowest BCUT2D eigenvalue weighted by Gasteiger charge is -2.37. The zero-order valence-corrected chi connectivity index (χ0v) is 12.1. The molecule has 0 spiro atoms. The summed E-state index contributed by atoms with van der Waals surface area (Å²) in [4.78, 5) is 13.7. The van der Waals surface area contributed by atoms with Crippen LogP contribution in [-0.2, 0) is 5.88 Å². The summed E-state index contributed by atoms with van der Waals surface area (Å²) >= 11 is 5.82. The van der Waals surface area contributed by atoms with E-state index in [1.165, 1.54) is 0 Å². The molecule has 0 radical (unpaired) electrons. The third-order valence-electron chi connectivity index (χ3n) is 3.54. The van der Waals surface area contributed by atoms with Crippen LogP contribution in [0.4, 0.5) is 5.95 Å². The Morgan fingerprint density at radius 1 is 1.28 bits per heavy atom. The van der Waals surface area contributed by atoms with Crippen molar-refractivity contribution >= 4 is 17.5 Å². The molecule has 4 nitrogen and oxygen atoms in total. The van der Waals surface area contributed by atoms with Gasteiger partial charge in [-0.2, -0.15) is 0 Å². The minimum Gasteiger partial charge on any atom is -0.338 e. The maximum absolute atomic E-state index is 5.82. The van der Waals surface area contributed by atoms with E-state index in [2.05, 4.69) is 33.6 Å². The van der Waals surface area contributed by atoms with Gasteiger partial charge in [0.05, 0.1) is 5.88 Å². The minimum atomic E-state index is 0.479. The molecule has 1 aliphatic heterocycles. The van der Waals surface area contributed by atoms with Gasteiger partial charge in [0.25, 0.3) is 0 Å². The highest BCUT2D eigenvalue weighted by atomic mass is 35.5. The molecule has 1 saturated heterocycles. The lowest BCUT2D eigenvalue weighted by Crippen LogP contribution is -2.49. The number of aromatic nitrogens is 2. The maximum Gasteiger partial charge on any atom is 0.225 e. The van der Waals surface area contributed by atoms with Crippen molar-refractivity contribution in [1.29, 1.82) is 0 Å². The van der Waals surface area contributed by atoms with Crippen molar-refractivity contribution in [2.24, 2.45) is 0 Å². The zero-order valence-electron chi connectivity index (χ0n) is 11.4. The molecule has 100 valence electrons. The average molecular weight is 269 g/mol. The van der Waals surface area contributed by atoms with Crippen molar-refractivity contribution in [2.45, 2.75) is 32.7 Å². The molecule has 0 bridgehead atoms. The number of rotatable bonds is 3. The molecule has 1 aromatic heterocycles. The van der Waals surface area contributed by atoms with Crippen molar-refractivity contribution in [3.05, 3.63) is 17.5 Å². The number of nitrogens with zero attached hydrogens (tertiary/aromatic N) is 4. The van der Waals surface area contributed by atoms with Crippen molar-refractivity contribution < 1.29 is 0 Å². The average Bonchev–Trinajstić information content (AvgIpc) is 2.38. The van der Waals surface area contributed by atoms with Crippen LogP contribution in [0.3, 0.4) is 0 Å². The van der Waals surface area contributed by atoms with E-state index in [4.69, 9.17) is 11.6 Å². The Morgan fingerprint density at radius 3 is 2.44 bits per heavy atom. The second-order valence-corrected chi connectivity index (χ2v) is 5.30. The molecule has 0 aliphatic carbocycles. The fourth-order valence-corrected chi connectivity index (χ4v) is 2.46. The monoisotopic (exact) mass is 268 g/mol. The first kappa shape index (κ1) is 13.6. The van der Waals surface area contributed by atoms with E-state index in [9.17, 15) is 0 Å². The number of halogens is 1. The molecule has 5 heteroatoms. The highest BCUT2D eigenvalue weighted by Gasteiger charge is 2.20. The van der Waals surface area contributed by atoms with Gasteiger partial charge in [-0.3, -0.25) is 4.90 Å². The van der Waals surface area contributed by atoms with Crippen LogP contribution in [0.1, 0.15) is 25.1 Å². The number of piperazine rings is 1. The van der Waals surface area contributed by atoms with Gasteiger partial charge in [-0.25, -0.2) is 9.97 Å². The summed E-state index contributed by atoms with van der Waals surface area (Å²) in [5.41, 5.74) is 2.00. The summed E-state index contributed by atoms with van der Waals surface area (Å²) < 4.78 is 0. The smallest absolute Gasteiger partial charge is 0.225 e. The molecule has 2 heterocycles. The Balaban J connectivity index is 2.03. The van der Waals surface area contributed by atoms with Crippen molar-refractivity contribution in [3.63, 3.8) is 0 Å². The zero-order chi connectivity index (χ0) is 13.1. The molecule has 18 heavy (non-hydrogen) atoms. The first-order valence-electron chi connectivity index (χ1n) is 6.49. The van der Waals surface area contributed by atoms with Crippen LogP contribution in [0.15, 0.2) is 6.20 Å². The highest BCUT2D eigenvalue weighted by Crippen LogP contribution is 2.15. The number of hydrogen-bond acceptors (Lipinski definition) is 4. The Labute approximate surface area is 114 Å². The summed E-state index contributed by atoms with van der Waals surface area (Å²) in [6, 6.07) is 0.619. The van der Waals surface area contributed by atoms with E-state index in [-0.39, 0.29) is 0 Å². The summed E-state index contributed by atoms with van der Waals surface area (Å²) in [6.07, 6.45) is 1.85. The van der Waals surface area contributed by atoms with Gasteiger partial charge < -0.3 is 4.90 Å². The van der Waals surface area contributed by atoms with Crippen LogP contribution < -0.4 is 4.90 Å². The Bertz CT molecular complexity index is 400. The lowest BCUT2D eigenvalue weighted by atomic mass is 10.2. The molecular formula is C13H21ClN4. The quantitative estimate of drug-likeness (QED) is 0.786. The van der Waals surface area contributed by atoms with Gasteiger partial charge in [0.2, 0.25) is 5.95 Å². The van der Waals surface area contributed by atoms with Gasteiger partial charge in [-0.05, 0) is 20.8 Å². The van der Waals surface area contributed by atoms with Crippen LogP contribution in [0.5, 0.6) is 0 Å². The lowest BCUT2D eigenvalue weighted by molar-refractivity contribution is 0.208. The first-order valence-corrected chi connectivity index (χ1v) is 7.02. The molecule has 0 atom stereocenters. The van der Waals surface area contributed by atoms with Crippen molar-refractivity contribution in [2.75, 3.05) is 31.1 Å². The second kappa shape index (κ2) is 5.85. The van der Waals surface area contributed by atoms with E-state index < -0.39 is 0 Å². The van der Waals surface area contributed by atoms with Gasteiger partial charge in [0.15, 0.2) is 0 Å². The summed E-state index contributed by atoms with van der Waals surface area (Å²) in [7, 11) is 0. The predicted octanol–water partition coefficient (Wildman–Crippen LogP) is 2.05. The fraction of sp³-hybridized carbons (Fsp3) is 0.692. The normalized spacial score (nSPS) is 17.5. The Hall–Kier alpha value is -0.870.